The smallest absolute Gasteiger partial charge is 0.257 e. The van der Waals surface area contributed by atoms with Gasteiger partial charge in [-0.2, -0.15) is 0 Å². The lowest BCUT2D eigenvalue weighted by atomic mass is 10.1. The number of anilines is 1. The van der Waals surface area contributed by atoms with E-state index in [4.69, 9.17) is 17.3 Å². The fourth-order valence-electron chi connectivity index (χ4n) is 2.28. The summed E-state index contributed by atoms with van der Waals surface area (Å²) >= 11 is 5.95. The zero-order chi connectivity index (χ0) is 15.6. The lowest BCUT2D eigenvalue weighted by Crippen LogP contribution is -2.51. The first-order valence-electron chi connectivity index (χ1n) is 6.89. The average molecular weight is 311 g/mol. The van der Waals surface area contributed by atoms with Crippen molar-refractivity contribution in [2.45, 2.75) is 13.8 Å². The van der Waals surface area contributed by atoms with Gasteiger partial charge in [-0.25, -0.2) is 4.98 Å². The van der Waals surface area contributed by atoms with Gasteiger partial charge in [0.2, 0.25) is 5.91 Å². The number of nitrogen functional groups attached to an aromatic ring is 1. The van der Waals surface area contributed by atoms with Crippen LogP contribution in [0.5, 0.6) is 0 Å². The molecule has 0 saturated carbocycles. The molecule has 2 N–H and O–H groups in total. The third-order valence-electron chi connectivity index (χ3n) is 3.46. The fraction of sp³-hybridized carbons (Fsp3) is 0.500. The second kappa shape index (κ2) is 6.30. The van der Waals surface area contributed by atoms with Gasteiger partial charge in [-0.1, -0.05) is 25.4 Å². The van der Waals surface area contributed by atoms with E-state index in [-0.39, 0.29) is 22.9 Å². The standard InChI is InChI=1S/C14H19ClN4O2/c1-9(2)13(20)18-3-5-19(6-4-18)14(21)11-7-10(16)8-17-12(11)15/h7-9H,3-6,16H2,1-2H3. The SMILES string of the molecule is CC(C)C(=O)N1CCN(C(=O)c2cc(N)cnc2Cl)CC1. The van der Waals surface area contributed by atoms with E-state index in [0.717, 1.165) is 0 Å². The van der Waals surface area contributed by atoms with Gasteiger partial charge in [0, 0.05) is 32.1 Å². The molecule has 0 bridgehead atoms. The molecule has 21 heavy (non-hydrogen) atoms. The van der Waals surface area contributed by atoms with E-state index in [1.807, 2.05) is 13.8 Å². The summed E-state index contributed by atoms with van der Waals surface area (Å²) in [6, 6.07) is 1.53. The number of rotatable bonds is 2. The van der Waals surface area contributed by atoms with Gasteiger partial charge >= 0.3 is 0 Å². The molecule has 0 spiro atoms. The molecule has 7 heteroatoms. The molecule has 0 unspecified atom stereocenters. The first-order valence-corrected chi connectivity index (χ1v) is 7.27. The van der Waals surface area contributed by atoms with E-state index in [2.05, 4.69) is 4.98 Å². The zero-order valence-corrected chi connectivity index (χ0v) is 12.9. The Kier molecular flexibility index (Phi) is 4.67. The molecule has 1 saturated heterocycles. The van der Waals surface area contributed by atoms with Crippen molar-refractivity contribution in [3.63, 3.8) is 0 Å². The third kappa shape index (κ3) is 3.44. The molecular weight excluding hydrogens is 292 g/mol. The van der Waals surface area contributed by atoms with Crippen molar-refractivity contribution in [1.82, 2.24) is 14.8 Å². The highest BCUT2D eigenvalue weighted by atomic mass is 35.5. The van der Waals surface area contributed by atoms with Crippen molar-refractivity contribution < 1.29 is 9.59 Å². The van der Waals surface area contributed by atoms with Gasteiger partial charge in [-0.3, -0.25) is 9.59 Å². The molecule has 0 radical (unpaired) electrons. The summed E-state index contributed by atoms with van der Waals surface area (Å²) in [4.78, 5) is 31.7. The van der Waals surface area contributed by atoms with E-state index in [0.29, 0.717) is 37.4 Å². The predicted molar refractivity (Wildman–Crippen MR) is 81.0 cm³/mol. The van der Waals surface area contributed by atoms with Crippen LogP contribution in [0.4, 0.5) is 5.69 Å². The van der Waals surface area contributed by atoms with Crippen LogP contribution < -0.4 is 5.73 Å². The molecule has 114 valence electrons. The van der Waals surface area contributed by atoms with Crippen molar-refractivity contribution in [2.24, 2.45) is 5.92 Å². The number of hydrogen-bond donors (Lipinski definition) is 1. The largest absolute Gasteiger partial charge is 0.397 e. The maximum Gasteiger partial charge on any atom is 0.257 e. The zero-order valence-electron chi connectivity index (χ0n) is 12.2. The Bertz CT molecular complexity index is 554. The topological polar surface area (TPSA) is 79.5 Å². The molecule has 2 heterocycles. The van der Waals surface area contributed by atoms with Crippen LogP contribution in [0.15, 0.2) is 12.3 Å². The molecule has 2 amide bonds. The van der Waals surface area contributed by atoms with E-state index in [9.17, 15) is 9.59 Å². The second-order valence-corrected chi connectivity index (χ2v) is 5.74. The normalized spacial score (nSPS) is 15.4. The van der Waals surface area contributed by atoms with Crippen molar-refractivity contribution >= 4 is 29.1 Å². The average Bonchev–Trinajstić information content (AvgIpc) is 2.48. The Morgan fingerprint density at radius 3 is 2.38 bits per heavy atom. The maximum atomic E-state index is 12.4. The highest BCUT2D eigenvalue weighted by molar-refractivity contribution is 6.32. The molecule has 1 aromatic heterocycles. The summed E-state index contributed by atoms with van der Waals surface area (Å²) in [5, 5.41) is 0.148. The van der Waals surface area contributed by atoms with Crippen LogP contribution in [0.1, 0.15) is 24.2 Å². The number of amides is 2. The molecule has 0 aliphatic carbocycles. The first kappa shape index (κ1) is 15.6. The van der Waals surface area contributed by atoms with E-state index in [1.165, 1.54) is 12.3 Å². The summed E-state index contributed by atoms with van der Waals surface area (Å²) in [6.45, 7) is 5.80. The van der Waals surface area contributed by atoms with Gasteiger partial charge in [0.1, 0.15) is 5.15 Å². The Morgan fingerprint density at radius 2 is 1.81 bits per heavy atom. The molecular formula is C14H19ClN4O2. The third-order valence-corrected chi connectivity index (χ3v) is 3.76. The number of aromatic nitrogens is 1. The quantitative estimate of drug-likeness (QED) is 0.834. The van der Waals surface area contributed by atoms with Crippen LogP contribution in [0, 0.1) is 5.92 Å². The van der Waals surface area contributed by atoms with Gasteiger partial charge in [0.15, 0.2) is 0 Å². The van der Waals surface area contributed by atoms with Crippen LogP contribution >= 0.6 is 11.6 Å². The molecule has 1 aromatic rings. The summed E-state index contributed by atoms with van der Waals surface area (Å²) < 4.78 is 0. The van der Waals surface area contributed by atoms with E-state index < -0.39 is 0 Å². The molecule has 0 aromatic carbocycles. The Morgan fingerprint density at radius 1 is 1.24 bits per heavy atom. The number of halogens is 1. The minimum Gasteiger partial charge on any atom is -0.397 e. The van der Waals surface area contributed by atoms with Gasteiger partial charge < -0.3 is 15.5 Å². The van der Waals surface area contributed by atoms with Crippen LogP contribution in [-0.2, 0) is 4.79 Å². The van der Waals surface area contributed by atoms with Crippen LogP contribution in [0.2, 0.25) is 5.15 Å². The first-order chi connectivity index (χ1) is 9.90. The number of piperazine rings is 1. The van der Waals surface area contributed by atoms with Gasteiger partial charge in [-0.15, -0.1) is 0 Å². The van der Waals surface area contributed by atoms with Crippen molar-refractivity contribution in [1.29, 1.82) is 0 Å². The summed E-state index contributed by atoms with van der Waals surface area (Å²) in [6.07, 6.45) is 1.42. The molecule has 0 atom stereocenters. The van der Waals surface area contributed by atoms with Crippen molar-refractivity contribution in [3.8, 4) is 0 Å². The lowest BCUT2D eigenvalue weighted by molar-refractivity contribution is -0.135. The van der Waals surface area contributed by atoms with Gasteiger partial charge in [0.05, 0.1) is 17.4 Å². The van der Waals surface area contributed by atoms with Gasteiger partial charge in [-0.05, 0) is 6.07 Å². The Hall–Kier alpha value is -1.82. The number of nitrogens with two attached hydrogens (primary N) is 1. The summed E-state index contributed by atoms with van der Waals surface area (Å²) in [5.41, 5.74) is 6.35. The number of pyridine rings is 1. The Balaban J connectivity index is 2.03. The summed E-state index contributed by atoms with van der Waals surface area (Å²) in [7, 11) is 0. The van der Waals surface area contributed by atoms with E-state index in [1.54, 1.807) is 9.80 Å². The number of nitrogens with zero attached hydrogens (tertiary/aromatic N) is 3. The number of carbonyl (C=O) groups excluding carboxylic acids is 2. The minimum atomic E-state index is -0.198. The fourth-order valence-corrected chi connectivity index (χ4v) is 2.46. The number of hydrogen-bond acceptors (Lipinski definition) is 4. The minimum absolute atomic E-state index is 0.0279. The van der Waals surface area contributed by atoms with Crippen LogP contribution in [0.3, 0.4) is 0 Å². The monoisotopic (exact) mass is 310 g/mol. The Labute approximate surface area is 128 Å². The predicted octanol–water partition coefficient (Wildman–Crippen LogP) is 1.26. The van der Waals surface area contributed by atoms with E-state index >= 15 is 0 Å². The molecule has 1 aliphatic rings. The maximum absolute atomic E-state index is 12.4. The molecule has 1 aliphatic heterocycles. The van der Waals surface area contributed by atoms with Crippen molar-refractivity contribution in [2.75, 3.05) is 31.9 Å². The molecule has 6 nitrogen and oxygen atoms in total. The highest BCUT2D eigenvalue weighted by Gasteiger charge is 2.27. The lowest BCUT2D eigenvalue weighted by Gasteiger charge is -2.35. The van der Waals surface area contributed by atoms with Gasteiger partial charge in [0.25, 0.3) is 5.91 Å². The van der Waals surface area contributed by atoms with Crippen LogP contribution in [0.25, 0.3) is 0 Å². The van der Waals surface area contributed by atoms with Crippen molar-refractivity contribution in [3.05, 3.63) is 23.0 Å². The highest BCUT2D eigenvalue weighted by Crippen LogP contribution is 2.19. The van der Waals surface area contributed by atoms with Crippen LogP contribution in [-0.4, -0.2) is 52.8 Å². The summed E-state index contributed by atoms with van der Waals surface area (Å²) in [5.74, 6) is -0.109. The number of carbonyl (C=O) groups is 2. The molecule has 1 fully saturated rings. The molecule has 2 rings (SSSR count). The second-order valence-electron chi connectivity index (χ2n) is 5.38.